The maximum Gasteiger partial charge on any atom is 0.295 e. The molecule has 159 valence electrons. The number of aromatic hydroxyl groups is 1. The van der Waals surface area contributed by atoms with Gasteiger partial charge in [-0.1, -0.05) is 48.5 Å². The zero-order valence-corrected chi connectivity index (χ0v) is 20.2. The molecule has 1 radical (unpaired) electrons. The van der Waals surface area contributed by atoms with E-state index in [0.717, 1.165) is 12.1 Å². The van der Waals surface area contributed by atoms with E-state index < -0.39 is 25.1 Å². The minimum atomic E-state index is -4.62. The van der Waals surface area contributed by atoms with Crippen LogP contribution in [0.1, 0.15) is 0 Å². The van der Waals surface area contributed by atoms with Crippen LogP contribution in [0.15, 0.2) is 86.7 Å². The quantitative estimate of drug-likeness (QED) is 0.224. The molecule has 0 saturated heterocycles. The zero-order chi connectivity index (χ0) is 22.4. The Morgan fingerprint density at radius 2 is 1.06 bits per heavy atom. The number of phenols is 1. The standard InChI is InChI=1S/C20H14N2O7S2.Na/c23-20-15-8-4-3-7-14(15)19(31(27,28)29)11-17(20)22-21-16-9-10-18(30(24,25)26)13-6-2-1-5-12(13)16;/h1-11,23H,(H,24,25,26)(H,27,28,29);. The fourth-order valence-corrected chi connectivity index (χ4v) is 4.69. The van der Waals surface area contributed by atoms with Gasteiger partial charge in [0, 0.05) is 51.1 Å². The predicted molar refractivity (Wildman–Crippen MR) is 119 cm³/mol. The fourth-order valence-electron chi connectivity index (χ4n) is 3.28. The molecule has 0 atom stereocenters. The Hall–Kier alpha value is -2.38. The van der Waals surface area contributed by atoms with Crippen molar-refractivity contribution in [1.82, 2.24) is 0 Å². The zero-order valence-electron chi connectivity index (χ0n) is 16.5. The summed E-state index contributed by atoms with van der Waals surface area (Å²) in [5.41, 5.74) is -0.00164. The second kappa shape index (κ2) is 8.87. The Kier molecular flexibility index (Phi) is 6.72. The first-order chi connectivity index (χ1) is 14.6. The molecule has 4 aromatic carbocycles. The van der Waals surface area contributed by atoms with Gasteiger partial charge in [0.1, 0.15) is 15.5 Å². The summed E-state index contributed by atoms with van der Waals surface area (Å²) in [6.45, 7) is 0. The van der Waals surface area contributed by atoms with Crippen LogP contribution in [-0.4, -0.2) is 60.6 Å². The van der Waals surface area contributed by atoms with Crippen LogP contribution < -0.4 is 0 Å². The van der Waals surface area contributed by atoms with Gasteiger partial charge in [-0.25, -0.2) is 0 Å². The molecule has 0 aliphatic carbocycles. The van der Waals surface area contributed by atoms with E-state index in [4.69, 9.17) is 0 Å². The van der Waals surface area contributed by atoms with E-state index in [-0.39, 0.29) is 67.7 Å². The van der Waals surface area contributed by atoms with Crippen molar-refractivity contribution in [2.45, 2.75) is 9.79 Å². The Balaban J connectivity index is 0.00000289. The van der Waals surface area contributed by atoms with Gasteiger partial charge in [0.25, 0.3) is 20.2 Å². The van der Waals surface area contributed by atoms with E-state index in [2.05, 4.69) is 10.2 Å². The van der Waals surface area contributed by atoms with E-state index in [1.165, 1.54) is 24.3 Å². The van der Waals surface area contributed by atoms with Crippen LogP contribution in [0.25, 0.3) is 21.5 Å². The molecule has 32 heavy (non-hydrogen) atoms. The molecule has 9 nitrogen and oxygen atoms in total. The number of fused-ring (bicyclic) bond motifs is 2. The monoisotopic (exact) mass is 481 g/mol. The Morgan fingerprint density at radius 3 is 1.62 bits per heavy atom. The molecule has 0 aliphatic heterocycles. The van der Waals surface area contributed by atoms with Crippen LogP contribution in [0.5, 0.6) is 5.75 Å². The molecule has 4 rings (SSSR count). The van der Waals surface area contributed by atoms with Crippen LogP contribution in [0.3, 0.4) is 0 Å². The molecular formula is C20H14N2NaO7S2. The van der Waals surface area contributed by atoms with Crippen molar-refractivity contribution in [3.63, 3.8) is 0 Å². The molecule has 0 bridgehead atoms. The van der Waals surface area contributed by atoms with Gasteiger partial charge in [0.15, 0.2) is 5.75 Å². The number of nitrogens with zero attached hydrogens (tertiary/aromatic N) is 2. The van der Waals surface area contributed by atoms with E-state index in [1.807, 2.05) is 0 Å². The van der Waals surface area contributed by atoms with Crippen LogP contribution in [-0.2, 0) is 20.2 Å². The first-order valence-corrected chi connectivity index (χ1v) is 11.6. The van der Waals surface area contributed by atoms with Crippen molar-refractivity contribution < 1.29 is 31.0 Å². The van der Waals surface area contributed by atoms with Crippen molar-refractivity contribution in [1.29, 1.82) is 0 Å². The largest absolute Gasteiger partial charge is 0.505 e. The summed E-state index contributed by atoms with van der Waals surface area (Å²) < 4.78 is 65.9. The van der Waals surface area contributed by atoms with E-state index in [0.29, 0.717) is 5.39 Å². The number of hydrogen-bond acceptors (Lipinski definition) is 7. The van der Waals surface area contributed by atoms with Crippen molar-refractivity contribution in [3.8, 4) is 5.75 Å². The molecule has 0 saturated carbocycles. The van der Waals surface area contributed by atoms with E-state index in [9.17, 15) is 31.0 Å². The smallest absolute Gasteiger partial charge is 0.295 e. The van der Waals surface area contributed by atoms with Gasteiger partial charge in [-0.15, -0.1) is 10.2 Å². The van der Waals surface area contributed by atoms with E-state index >= 15 is 0 Å². The molecule has 4 aromatic rings. The van der Waals surface area contributed by atoms with Crippen molar-refractivity contribution in [2.24, 2.45) is 10.2 Å². The fraction of sp³-hybridized carbons (Fsp3) is 0. The summed E-state index contributed by atoms with van der Waals surface area (Å²) in [6, 6.07) is 15.8. The maximum absolute atomic E-state index is 11.8. The van der Waals surface area contributed by atoms with E-state index in [1.54, 1.807) is 30.3 Å². The van der Waals surface area contributed by atoms with Gasteiger partial charge in [0.2, 0.25) is 0 Å². The first kappa shape index (κ1) is 24.3. The summed E-state index contributed by atoms with van der Waals surface area (Å²) >= 11 is 0. The molecule has 0 fully saturated rings. The summed E-state index contributed by atoms with van der Waals surface area (Å²) in [7, 11) is -9.09. The minimum Gasteiger partial charge on any atom is -0.505 e. The molecular weight excluding hydrogens is 467 g/mol. The van der Waals surface area contributed by atoms with Gasteiger partial charge >= 0.3 is 0 Å². The third-order valence-electron chi connectivity index (χ3n) is 4.64. The third kappa shape index (κ3) is 4.55. The molecule has 12 heteroatoms. The Bertz CT molecular complexity index is 1600. The summed E-state index contributed by atoms with van der Waals surface area (Å²) in [4.78, 5) is -0.745. The van der Waals surface area contributed by atoms with Crippen LogP contribution in [0, 0.1) is 0 Å². The maximum atomic E-state index is 11.8. The Labute approximate surface area is 205 Å². The van der Waals surface area contributed by atoms with Gasteiger partial charge < -0.3 is 5.11 Å². The Morgan fingerprint density at radius 1 is 0.594 bits per heavy atom. The van der Waals surface area contributed by atoms with Gasteiger partial charge in [0.05, 0.1) is 5.69 Å². The number of hydrogen-bond donors (Lipinski definition) is 3. The summed E-state index contributed by atoms with van der Waals surface area (Å²) in [5.74, 6) is -0.342. The van der Waals surface area contributed by atoms with Crippen molar-refractivity contribution in [3.05, 3.63) is 66.7 Å². The van der Waals surface area contributed by atoms with Crippen LogP contribution >= 0.6 is 0 Å². The van der Waals surface area contributed by atoms with Gasteiger partial charge in [-0.05, 0) is 18.2 Å². The molecule has 0 amide bonds. The van der Waals surface area contributed by atoms with Gasteiger partial charge in [-0.2, -0.15) is 16.8 Å². The van der Waals surface area contributed by atoms with Gasteiger partial charge in [-0.3, -0.25) is 9.11 Å². The molecule has 0 aliphatic rings. The number of rotatable bonds is 4. The SMILES string of the molecule is O=S(=O)(O)c1ccc(N=Nc2cc(S(=O)(=O)O)c3ccccc3c2O)c2ccccc12.[Na]. The van der Waals surface area contributed by atoms with Crippen molar-refractivity contribution in [2.75, 3.05) is 0 Å². The summed E-state index contributed by atoms with van der Waals surface area (Å²) in [6.07, 6.45) is 0. The average molecular weight is 481 g/mol. The molecule has 3 N–H and O–H groups in total. The predicted octanol–water partition coefficient (Wildman–Crippen LogP) is 4.23. The molecule has 0 unspecified atom stereocenters. The third-order valence-corrected chi connectivity index (χ3v) is 6.45. The average Bonchev–Trinajstić information content (AvgIpc) is 2.71. The number of azo groups is 1. The number of benzene rings is 4. The minimum absolute atomic E-state index is 0. The molecule has 0 aromatic heterocycles. The van der Waals surface area contributed by atoms with Crippen LogP contribution in [0.2, 0.25) is 0 Å². The first-order valence-electron chi connectivity index (χ1n) is 8.70. The molecule has 0 heterocycles. The second-order valence-electron chi connectivity index (χ2n) is 6.57. The molecule has 0 spiro atoms. The summed E-state index contributed by atoms with van der Waals surface area (Å²) in [5, 5.41) is 19.3. The topological polar surface area (TPSA) is 154 Å². The number of phenolic OH excluding ortho intramolecular Hbond substituents is 1. The van der Waals surface area contributed by atoms with Crippen LogP contribution in [0.4, 0.5) is 11.4 Å². The second-order valence-corrected chi connectivity index (χ2v) is 9.35. The normalized spacial score (nSPS) is 12.3. The van der Waals surface area contributed by atoms with Crippen molar-refractivity contribution >= 4 is 82.7 Å².